The van der Waals surface area contributed by atoms with Crippen LogP contribution >= 0.6 is 0 Å². The molecule has 1 aliphatic carbocycles. The van der Waals surface area contributed by atoms with Gasteiger partial charge < -0.3 is 21.3 Å². The second kappa shape index (κ2) is 14.5. The summed E-state index contributed by atoms with van der Waals surface area (Å²) >= 11 is 0. The number of unbranched alkanes of at least 4 members (excludes halogenated alkanes) is 2. The molecule has 0 spiro atoms. The summed E-state index contributed by atoms with van der Waals surface area (Å²) in [6, 6.07) is 0.245. The molecule has 2 unspecified atom stereocenters. The maximum atomic E-state index is 12.5. The van der Waals surface area contributed by atoms with Gasteiger partial charge in [-0.25, -0.2) is 9.59 Å². The summed E-state index contributed by atoms with van der Waals surface area (Å²) in [4.78, 5) is 24.9. The van der Waals surface area contributed by atoms with Crippen LogP contribution in [-0.2, 0) is 0 Å². The largest absolute Gasteiger partial charge is 0.335 e. The van der Waals surface area contributed by atoms with Crippen LogP contribution in [0.3, 0.4) is 0 Å². The molecule has 1 aliphatic rings. The van der Waals surface area contributed by atoms with Gasteiger partial charge in [-0.1, -0.05) is 66.2 Å². The summed E-state index contributed by atoms with van der Waals surface area (Å²) < 4.78 is 0. The minimum Gasteiger partial charge on any atom is -0.335 e. The first-order valence-electron chi connectivity index (χ1n) is 11.7. The van der Waals surface area contributed by atoms with E-state index in [4.69, 9.17) is 0 Å². The normalized spacial score (nSPS) is 21.4. The standard InChI is InChI=1S/C22H44N4O2/c1-5-9-13-17(7-3)23-21(27)25-19-15-11-12-16-20(19)26-22(28)24-18(8-4)14-10-6-2/h17-20H,5-16H2,1-4H3,(H2,23,25,27)(H2,24,26,28)/t17?,18?,19-,20-/m1/s1. The van der Waals surface area contributed by atoms with E-state index in [9.17, 15) is 9.59 Å². The van der Waals surface area contributed by atoms with Gasteiger partial charge in [0, 0.05) is 12.1 Å². The van der Waals surface area contributed by atoms with Gasteiger partial charge in [0.2, 0.25) is 0 Å². The highest BCUT2D eigenvalue weighted by molar-refractivity contribution is 5.76. The first-order valence-corrected chi connectivity index (χ1v) is 11.7. The van der Waals surface area contributed by atoms with Gasteiger partial charge in [-0.3, -0.25) is 0 Å². The number of carbonyl (C=O) groups is 2. The first kappa shape index (κ1) is 24.6. The molecule has 0 aromatic heterocycles. The molecule has 0 aromatic carbocycles. The summed E-state index contributed by atoms with van der Waals surface area (Å²) in [7, 11) is 0. The van der Waals surface area contributed by atoms with E-state index < -0.39 is 0 Å². The molecule has 4 N–H and O–H groups in total. The van der Waals surface area contributed by atoms with Crippen LogP contribution in [0.1, 0.15) is 105 Å². The summed E-state index contributed by atoms with van der Waals surface area (Å²) in [5.41, 5.74) is 0. The molecule has 1 saturated carbocycles. The maximum Gasteiger partial charge on any atom is 0.315 e. The Bertz CT molecular complexity index is 404. The highest BCUT2D eigenvalue weighted by Gasteiger charge is 2.28. The molecular formula is C22H44N4O2. The predicted octanol–water partition coefficient (Wildman–Crippen LogP) is 4.83. The van der Waals surface area contributed by atoms with Crippen molar-refractivity contribution in [3.8, 4) is 0 Å². The molecule has 0 radical (unpaired) electrons. The molecule has 0 heterocycles. The second-order valence-electron chi connectivity index (χ2n) is 8.23. The van der Waals surface area contributed by atoms with E-state index in [-0.39, 0.29) is 36.2 Å². The average molecular weight is 397 g/mol. The van der Waals surface area contributed by atoms with E-state index in [0.29, 0.717) is 0 Å². The lowest BCUT2D eigenvalue weighted by atomic mass is 9.90. The molecular weight excluding hydrogens is 352 g/mol. The van der Waals surface area contributed by atoms with Gasteiger partial charge in [0.25, 0.3) is 0 Å². The monoisotopic (exact) mass is 396 g/mol. The van der Waals surface area contributed by atoms with Crippen molar-refractivity contribution in [2.75, 3.05) is 0 Å². The summed E-state index contributed by atoms with van der Waals surface area (Å²) in [5, 5.41) is 12.5. The van der Waals surface area contributed by atoms with Crippen LogP contribution in [0.2, 0.25) is 0 Å². The Morgan fingerprint density at radius 1 is 0.750 bits per heavy atom. The fraction of sp³-hybridized carbons (Fsp3) is 0.909. The van der Waals surface area contributed by atoms with Crippen LogP contribution in [0.4, 0.5) is 9.59 Å². The molecule has 0 aromatic rings. The number of carbonyl (C=O) groups excluding carboxylic acids is 2. The molecule has 4 amide bonds. The quantitative estimate of drug-likeness (QED) is 0.381. The Morgan fingerprint density at radius 2 is 1.14 bits per heavy atom. The van der Waals surface area contributed by atoms with Gasteiger partial charge >= 0.3 is 12.1 Å². The Balaban J connectivity index is 2.51. The molecule has 6 heteroatoms. The van der Waals surface area contributed by atoms with Gasteiger partial charge in [0.05, 0.1) is 12.1 Å². The van der Waals surface area contributed by atoms with E-state index in [1.165, 1.54) is 0 Å². The minimum atomic E-state index is -0.101. The van der Waals surface area contributed by atoms with Crippen molar-refractivity contribution in [3.05, 3.63) is 0 Å². The average Bonchev–Trinajstić information content (AvgIpc) is 2.69. The van der Waals surface area contributed by atoms with Crippen molar-refractivity contribution in [1.29, 1.82) is 0 Å². The Morgan fingerprint density at radius 3 is 1.46 bits per heavy atom. The zero-order valence-corrected chi connectivity index (χ0v) is 18.6. The number of amides is 4. The smallest absolute Gasteiger partial charge is 0.315 e. The van der Waals surface area contributed by atoms with Crippen LogP contribution in [0, 0.1) is 0 Å². The number of rotatable bonds is 12. The number of hydrogen-bond acceptors (Lipinski definition) is 2. The molecule has 164 valence electrons. The van der Waals surface area contributed by atoms with Crippen LogP contribution in [-0.4, -0.2) is 36.2 Å². The number of nitrogens with one attached hydrogen (secondary N) is 4. The van der Waals surface area contributed by atoms with Gasteiger partial charge in [-0.2, -0.15) is 0 Å². The molecule has 1 fully saturated rings. The van der Waals surface area contributed by atoms with Crippen molar-refractivity contribution in [1.82, 2.24) is 21.3 Å². The van der Waals surface area contributed by atoms with Gasteiger partial charge in [0.1, 0.15) is 0 Å². The lowest BCUT2D eigenvalue weighted by Gasteiger charge is -2.33. The van der Waals surface area contributed by atoms with Crippen LogP contribution < -0.4 is 21.3 Å². The topological polar surface area (TPSA) is 82.3 Å². The molecule has 6 nitrogen and oxygen atoms in total. The van der Waals surface area contributed by atoms with Gasteiger partial charge in [-0.15, -0.1) is 0 Å². The fourth-order valence-corrected chi connectivity index (χ4v) is 3.93. The number of urea groups is 2. The van der Waals surface area contributed by atoms with Crippen molar-refractivity contribution in [3.63, 3.8) is 0 Å². The molecule has 0 bridgehead atoms. The molecule has 0 saturated heterocycles. The fourth-order valence-electron chi connectivity index (χ4n) is 3.93. The summed E-state index contributed by atoms with van der Waals surface area (Å²) in [6.07, 6.45) is 12.5. The highest BCUT2D eigenvalue weighted by atomic mass is 16.2. The maximum absolute atomic E-state index is 12.5. The third-order valence-electron chi connectivity index (χ3n) is 5.87. The minimum absolute atomic E-state index is 0.00102. The van der Waals surface area contributed by atoms with Crippen molar-refractivity contribution in [2.24, 2.45) is 0 Å². The van der Waals surface area contributed by atoms with Crippen molar-refractivity contribution in [2.45, 2.75) is 129 Å². The highest BCUT2D eigenvalue weighted by Crippen LogP contribution is 2.19. The van der Waals surface area contributed by atoms with E-state index in [1.807, 2.05) is 0 Å². The molecule has 0 aliphatic heterocycles. The van der Waals surface area contributed by atoms with Gasteiger partial charge in [0.15, 0.2) is 0 Å². The zero-order valence-electron chi connectivity index (χ0n) is 18.6. The van der Waals surface area contributed by atoms with E-state index in [2.05, 4.69) is 49.0 Å². The van der Waals surface area contributed by atoms with Crippen molar-refractivity contribution < 1.29 is 9.59 Å². The number of hydrogen-bond donors (Lipinski definition) is 4. The molecule has 28 heavy (non-hydrogen) atoms. The third-order valence-corrected chi connectivity index (χ3v) is 5.87. The molecule has 4 atom stereocenters. The van der Waals surface area contributed by atoms with Crippen LogP contribution in [0.5, 0.6) is 0 Å². The van der Waals surface area contributed by atoms with E-state index >= 15 is 0 Å². The van der Waals surface area contributed by atoms with Crippen LogP contribution in [0.15, 0.2) is 0 Å². The predicted molar refractivity (Wildman–Crippen MR) is 117 cm³/mol. The Labute approximate surface area is 172 Å². The third kappa shape index (κ3) is 9.65. The lowest BCUT2D eigenvalue weighted by Crippen LogP contribution is -2.58. The summed E-state index contributed by atoms with van der Waals surface area (Å²) in [6.45, 7) is 8.56. The first-order chi connectivity index (χ1) is 13.5. The summed E-state index contributed by atoms with van der Waals surface area (Å²) in [5.74, 6) is 0. The Hall–Kier alpha value is -1.46. The molecule has 1 rings (SSSR count). The lowest BCUT2D eigenvalue weighted by molar-refractivity contribution is 0.208. The SMILES string of the molecule is CCCCC(CC)NC(=O)N[C@@H]1CCCC[C@H]1NC(=O)NC(CC)CCCC. The second-order valence-corrected chi connectivity index (χ2v) is 8.23. The van der Waals surface area contributed by atoms with Crippen LogP contribution in [0.25, 0.3) is 0 Å². The van der Waals surface area contributed by atoms with Gasteiger partial charge in [-0.05, 0) is 38.5 Å². The Kier molecular flexibility index (Phi) is 12.8. The van der Waals surface area contributed by atoms with E-state index in [0.717, 1.165) is 77.0 Å². The zero-order chi connectivity index (χ0) is 20.8. The van der Waals surface area contributed by atoms with Crippen molar-refractivity contribution >= 4 is 12.1 Å². The van der Waals surface area contributed by atoms with E-state index in [1.54, 1.807) is 0 Å².